The topological polar surface area (TPSA) is 65.4 Å². The van der Waals surface area contributed by atoms with Crippen LogP contribution in [0.4, 0.5) is 0 Å². The number of aryl methyl sites for hydroxylation is 1. The standard InChI is InChI=1S/C23H19NO4S/c1-16-18-12-6-8-14-20(18)24(29(26,27)17-10-4-3-5-11-17)22(16)23(25)19-13-7-9-15-21(19)28-2/h3-15H,1-2H3. The molecule has 0 fully saturated rings. The molecule has 146 valence electrons. The highest BCUT2D eigenvalue weighted by molar-refractivity contribution is 7.90. The minimum absolute atomic E-state index is 0.111. The van der Waals surface area contributed by atoms with Crippen LogP contribution in [0.3, 0.4) is 0 Å². The highest BCUT2D eigenvalue weighted by Crippen LogP contribution is 2.32. The number of nitrogens with zero attached hydrogens (tertiary/aromatic N) is 1. The van der Waals surface area contributed by atoms with E-state index in [1.807, 2.05) is 12.1 Å². The molecule has 6 heteroatoms. The van der Waals surface area contributed by atoms with Crippen LogP contribution in [-0.4, -0.2) is 25.3 Å². The van der Waals surface area contributed by atoms with Crippen molar-refractivity contribution in [1.82, 2.24) is 3.97 Å². The van der Waals surface area contributed by atoms with Crippen LogP contribution >= 0.6 is 0 Å². The number of fused-ring (bicyclic) bond motifs is 1. The van der Waals surface area contributed by atoms with Crippen LogP contribution in [0, 0.1) is 6.92 Å². The molecule has 0 saturated heterocycles. The van der Waals surface area contributed by atoms with Crippen molar-refractivity contribution >= 4 is 26.7 Å². The van der Waals surface area contributed by atoms with Gasteiger partial charge in [0.05, 0.1) is 23.1 Å². The normalized spacial score (nSPS) is 11.5. The van der Waals surface area contributed by atoms with E-state index in [2.05, 4.69) is 0 Å². The molecule has 4 aromatic rings. The van der Waals surface area contributed by atoms with E-state index < -0.39 is 15.8 Å². The summed E-state index contributed by atoms with van der Waals surface area (Å²) in [5.41, 5.74) is 1.49. The first kappa shape index (κ1) is 19.0. The van der Waals surface area contributed by atoms with E-state index in [0.717, 1.165) is 3.97 Å². The van der Waals surface area contributed by atoms with Gasteiger partial charge >= 0.3 is 0 Å². The molecule has 0 spiro atoms. The fraction of sp³-hybridized carbons (Fsp3) is 0.0870. The molecule has 0 aliphatic carbocycles. The zero-order chi connectivity index (χ0) is 20.6. The average molecular weight is 405 g/mol. The van der Waals surface area contributed by atoms with Gasteiger partial charge in [-0.05, 0) is 42.8 Å². The molecule has 1 aromatic heterocycles. The van der Waals surface area contributed by atoms with Crippen LogP contribution in [0.2, 0.25) is 0 Å². The first-order chi connectivity index (χ1) is 14.0. The molecule has 3 aromatic carbocycles. The van der Waals surface area contributed by atoms with Gasteiger partial charge in [0.2, 0.25) is 5.78 Å². The predicted octanol–water partition coefficient (Wildman–Crippen LogP) is 4.43. The summed E-state index contributed by atoms with van der Waals surface area (Å²) in [6, 6.07) is 22.0. The molecule has 0 atom stereocenters. The Bertz CT molecular complexity index is 1320. The van der Waals surface area contributed by atoms with E-state index in [0.29, 0.717) is 27.8 Å². The van der Waals surface area contributed by atoms with E-state index in [1.54, 1.807) is 61.5 Å². The summed E-state index contributed by atoms with van der Waals surface area (Å²) in [5.74, 6) is -0.0125. The van der Waals surface area contributed by atoms with Gasteiger partial charge in [0.15, 0.2) is 0 Å². The Balaban J connectivity index is 2.07. The lowest BCUT2D eigenvalue weighted by atomic mass is 10.0. The summed E-state index contributed by atoms with van der Waals surface area (Å²) in [7, 11) is -2.51. The second-order valence-corrected chi connectivity index (χ2v) is 8.39. The molecule has 4 rings (SSSR count). The Morgan fingerprint density at radius 3 is 2.21 bits per heavy atom. The van der Waals surface area contributed by atoms with E-state index in [1.165, 1.54) is 19.2 Å². The number of aromatic nitrogens is 1. The molecule has 0 unspecified atom stereocenters. The second kappa shape index (κ2) is 7.22. The molecule has 0 saturated carbocycles. The minimum Gasteiger partial charge on any atom is -0.496 e. The van der Waals surface area contributed by atoms with Gasteiger partial charge in [-0.25, -0.2) is 12.4 Å². The van der Waals surface area contributed by atoms with Crippen molar-refractivity contribution < 1.29 is 17.9 Å². The molecule has 0 amide bonds. The monoisotopic (exact) mass is 405 g/mol. The molecule has 0 radical (unpaired) electrons. The van der Waals surface area contributed by atoms with Crippen molar-refractivity contribution in [2.24, 2.45) is 0 Å². The van der Waals surface area contributed by atoms with Crippen molar-refractivity contribution in [2.45, 2.75) is 11.8 Å². The van der Waals surface area contributed by atoms with Crippen LogP contribution in [0.25, 0.3) is 10.9 Å². The number of carbonyl (C=O) groups is 1. The second-order valence-electron chi connectivity index (χ2n) is 6.60. The van der Waals surface area contributed by atoms with Gasteiger partial charge in [0.25, 0.3) is 10.0 Å². The van der Waals surface area contributed by atoms with Crippen LogP contribution in [0.15, 0.2) is 83.8 Å². The fourth-order valence-corrected chi connectivity index (χ4v) is 5.13. The number of hydrogen-bond acceptors (Lipinski definition) is 4. The van der Waals surface area contributed by atoms with Gasteiger partial charge in [-0.15, -0.1) is 0 Å². The number of rotatable bonds is 5. The number of benzene rings is 3. The third-order valence-corrected chi connectivity index (χ3v) is 6.66. The average Bonchev–Trinajstić information content (AvgIpc) is 3.07. The Morgan fingerprint density at radius 1 is 0.862 bits per heavy atom. The summed E-state index contributed by atoms with van der Waals surface area (Å²) >= 11 is 0. The van der Waals surface area contributed by atoms with Crippen molar-refractivity contribution in [3.05, 3.63) is 95.7 Å². The van der Waals surface area contributed by atoms with E-state index >= 15 is 0 Å². The number of ketones is 1. The lowest BCUT2D eigenvalue weighted by molar-refractivity contribution is 0.103. The molecule has 0 aliphatic rings. The van der Waals surface area contributed by atoms with Crippen LogP contribution in [0.5, 0.6) is 5.75 Å². The van der Waals surface area contributed by atoms with Crippen LogP contribution in [-0.2, 0) is 10.0 Å². The minimum atomic E-state index is -3.99. The van der Waals surface area contributed by atoms with Crippen LogP contribution in [0.1, 0.15) is 21.6 Å². The van der Waals surface area contributed by atoms with Gasteiger partial charge < -0.3 is 4.74 Å². The van der Waals surface area contributed by atoms with Crippen molar-refractivity contribution in [3.63, 3.8) is 0 Å². The molecule has 29 heavy (non-hydrogen) atoms. The van der Waals surface area contributed by atoms with Crippen molar-refractivity contribution in [3.8, 4) is 5.75 Å². The molecule has 1 heterocycles. The summed E-state index contributed by atoms with van der Waals surface area (Å²) in [6.45, 7) is 1.77. The largest absolute Gasteiger partial charge is 0.496 e. The number of carbonyl (C=O) groups excluding carboxylic acids is 1. The first-order valence-corrected chi connectivity index (χ1v) is 10.5. The highest BCUT2D eigenvalue weighted by Gasteiger charge is 2.30. The third-order valence-electron chi connectivity index (χ3n) is 4.93. The van der Waals surface area contributed by atoms with Crippen LogP contribution < -0.4 is 4.74 Å². The van der Waals surface area contributed by atoms with Gasteiger partial charge in [-0.3, -0.25) is 4.79 Å². The van der Waals surface area contributed by atoms with E-state index in [9.17, 15) is 13.2 Å². The SMILES string of the molecule is COc1ccccc1C(=O)c1c(C)c2ccccc2n1S(=O)(=O)c1ccccc1. The quantitative estimate of drug-likeness (QED) is 0.461. The predicted molar refractivity (Wildman–Crippen MR) is 112 cm³/mol. The van der Waals surface area contributed by atoms with E-state index in [-0.39, 0.29) is 10.6 Å². The Labute approximate surface area is 169 Å². The van der Waals surface area contributed by atoms with Gasteiger partial charge in [0.1, 0.15) is 11.4 Å². The third kappa shape index (κ3) is 3.02. The maximum atomic E-state index is 13.6. The number of methoxy groups -OCH3 is 1. The first-order valence-electron chi connectivity index (χ1n) is 9.05. The molecular formula is C23H19NO4S. The molecule has 5 nitrogen and oxygen atoms in total. The summed E-state index contributed by atoms with van der Waals surface area (Å²) in [4.78, 5) is 13.7. The maximum Gasteiger partial charge on any atom is 0.268 e. The summed E-state index contributed by atoms with van der Waals surface area (Å²) < 4.78 is 33.6. The van der Waals surface area contributed by atoms with Crippen molar-refractivity contribution in [1.29, 1.82) is 0 Å². The fourth-order valence-electron chi connectivity index (χ4n) is 3.54. The number of ether oxygens (including phenoxy) is 1. The molecule has 0 aliphatic heterocycles. The van der Waals surface area contributed by atoms with E-state index in [4.69, 9.17) is 4.74 Å². The highest BCUT2D eigenvalue weighted by atomic mass is 32.2. The van der Waals surface area contributed by atoms with Gasteiger partial charge in [0, 0.05) is 5.39 Å². The van der Waals surface area contributed by atoms with Gasteiger partial charge in [-0.1, -0.05) is 48.5 Å². The summed E-state index contributed by atoms with van der Waals surface area (Å²) in [5, 5.41) is 0.713. The maximum absolute atomic E-state index is 13.6. The molecular weight excluding hydrogens is 386 g/mol. The zero-order valence-corrected chi connectivity index (χ0v) is 16.8. The Morgan fingerprint density at radius 2 is 1.48 bits per heavy atom. The molecule has 0 bridgehead atoms. The Hall–Kier alpha value is -3.38. The smallest absolute Gasteiger partial charge is 0.268 e. The lowest BCUT2D eigenvalue weighted by Crippen LogP contribution is -2.20. The molecule has 0 N–H and O–H groups in total. The van der Waals surface area contributed by atoms with Crippen molar-refractivity contribution in [2.75, 3.05) is 7.11 Å². The Kier molecular flexibility index (Phi) is 4.72. The zero-order valence-electron chi connectivity index (χ0n) is 16.0. The summed E-state index contributed by atoms with van der Waals surface area (Å²) in [6.07, 6.45) is 0. The van der Waals surface area contributed by atoms with Gasteiger partial charge in [-0.2, -0.15) is 0 Å². The lowest BCUT2D eigenvalue weighted by Gasteiger charge is -2.13. The number of hydrogen-bond donors (Lipinski definition) is 0. The number of para-hydroxylation sites is 2.